The molecule has 1 saturated heterocycles. The average molecular weight is 196 g/mol. The van der Waals surface area contributed by atoms with E-state index < -0.39 is 5.79 Å². The molecule has 0 bridgehead atoms. The van der Waals surface area contributed by atoms with Crippen LogP contribution in [0.3, 0.4) is 0 Å². The number of nitrogens with zero attached hydrogens (tertiary/aromatic N) is 2. The molecule has 0 aromatic heterocycles. The van der Waals surface area contributed by atoms with Crippen molar-refractivity contribution in [2.24, 2.45) is 0 Å². The van der Waals surface area contributed by atoms with Crippen molar-refractivity contribution in [1.29, 1.82) is 0 Å². The summed E-state index contributed by atoms with van der Waals surface area (Å²) in [5.74, 6) is -1.32. The first kappa shape index (κ1) is 9.87. The lowest BCUT2D eigenvalue weighted by Gasteiger charge is -2.39. The van der Waals surface area contributed by atoms with Crippen LogP contribution in [-0.2, 0) is 0 Å². The van der Waals surface area contributed by atoms with Gasteiger partial charge < -0.3 is 4.90 Å². The molecule has 0 atom stereocenters. The van der Waals surface area contributed by atoms with Crippen LogP contribution in [0.4, 0.5) is 4.39 Å². The summed E-state index contributed by atoms with van der Waals surface area (Å²) in [6, 6.07) is 0. The number of likely N-dealkylation sites (N-methyl/N-ethyl adjacent to an activating group) is 1. The van der Waals surface area contributed by atoms with Gasteiger partial charge >= 0.3 is 0 Å². The summed E-state index contributed by atoms with van der Waals surface area (Å²) in [5, 5.41) is 0. The molecule has 0 saturated carbocycles. The molecule has 2 rings (SSSR count). The molecule has 1 heterocycles. The van der Waals surface area contributed by atoms with Crippen LogP contribution in [-0.4, -0.2) is 48.8 Å². The second-order valence-corrected chi connectivity index (χ2v) is 4.06. The van der Waals surface area contributed by atoms with Gasteiger partial charge in [0, 0.05) is 26.2 Å². The van der Waals surface area contributed by atoms with E-state index >= 15 is 0 Å². The predicted octanol–water partition coefficient (Wildman–Crippen LogP) is 1.42. The highest BCUT2D eigenvalue weighted by Crippen LogP contribution is 2.25. The molecule has 0 unspecified atom stereocenters. The van der Waals surface area contributed by atoms with E-state index in [9.17, 15) is 4.39 Å². The zero-order valence-corrected chi connectivity index (χ0v) is 8.62. The molecule has 0 radical (unpaired) electrons. The van der Waals surface area contributed by atoms with Crippen LogP contribution in [0.15, 0.2) is 24.3 Å². The van der Waals surface area contributed by atoms with Gasteiger partial charge in [-0.25, -0.2) is 4.39 Å². The third-order valence-electron chi connectivity index (χ3n) is 2.96. The molecule has 2 nitrogen and oxygen atoms in total. The van der Waals surface area contributed by atoms with Crippen molar-refractivity contribution in [2.45, 2.75) is 12.2 Å². The van der Waals surface area contributed by atoms with E-state index in [1.165, 1.54) is 0 Å². The molecule has 0 aromatic carbocycles. The zero-order valence-electron chi connectivity index (χ0n) is 8.62. The summed E-state index contributed by atoms with van der Waals surface area (Å²) in [7, 11) is 2.08. The monoisotopic (exact) mass is 196 g/mol. The summed E-state index contributed by atoms with van der Waals surface area (Å²) in [6.07, 6.45) is 8.02. The second kappa shape index (κ2) is 3.83. The van der Waals surface area contributed by atoms with E-state index in [0.29, 0.717) is 0 Å². The SMILES string of the molecule is CN1CCN(C2(F)C=CCC=C2)CC1. The van der Waals surface area contributed by atoms with Crippen molar-refractivity contribution in [3.63, 3.8) is 0 Å². The maximum atomic E-state index is 14.3. The van der Waals surface area contributed by atoms with E-state index in [-0.39, 0.29) is 0 Å². The number of hydrogen-bond donors (Lipinski definition) is 0. The normalized spacial score (nSPS) is 28.1. The summed E-state index contributed by atoms with van der Waals surface area (Å²) in [4.78, 5) is 4.13. The van der Waals surface area contributed by atoms with Crippen LogP contribution in [0, 0.1) is 0 Å². The minimum absolute atomic E-state index is 0.807. The van der Waals surface area contributed by atoms with E-state index in [1.807, 2.05) is 17.1 Å². The summed E-state index contributed by atoms with van der Waals surface area (Å²) >= 11 is 0. The van der Waals surface area contributed by atoms with Crippen LogP contribution in [0.25, 0.3) is 0 Å². The summed E-state index contributed by atoms with van der Waals surface area (Å²) in [6.45, 7) is 3.52. The first-order chi connectivity index (χ1) is 6.71. The Morgan fingerprint density at radius 3 is 2.21 bits per heavy atom. The van der Waals surface area contributed by atoms with Gasteiger partial charge in [-0.3, -0.25) is 4.90 Å². The number of rotatable bonds is 1. The largest absolute Gasteiger partial charge is 0.304 e. The second-order valence-electron chi connectivity index (χ2n) is 4.06. The van der Waals surface area contributed by atoms with E-state index in [4.69, 9.17) is 0 Å². The van der Waals surface area contributed by atoms with Gasteiger partial charge in [0.2, 0.25) is 5.79 Å². The van der Waals surface area contributed by atoms with Gasteiger partial charge in [-0.15, -0.1) is 0 Å². The number of hydrogen-bond acceptors (Lipinski definition) is 2. The highest BCUT2D eigenvalue weighted by atomic mass is 19.1. The number of allylic oxidation sites excluding steroid dienone is 2. The lowest BCUT2D eigenvalue weighted by Crippen LogP contribution is -2.53. The quantitative estimate of drug-likeness (QED) is 0.462. The molecule has 78 valence electrons. The third-order valence-corrected chi connectivity index (χ3v) is 2.96. The molecule has 0 amide bonds. The number of alkyl halides is 1. The van der Waals surface area contributed by atoms with Gasteiger partial charge in [0.1, 0.15) is 0 Å². The van der Waals surface area contributed by atoms with Gasteiger partial charge in [0.25, 0.3) is 0 Å². The van der Waals surface area contributed by atoms with Crippen molar-refractivity contribution in [2.75, 3.05) is 33.2 Å². The van der Waals surface area contributed by atoms with Gasteiger partial charge in [0.05, 0.1) is 0 Å². The van der Waals surface area contributed by atoms with Crippen LogP contribution in [0.2, 0.25) is 0 Å². The molecular formula is C11H17FN2. The molecule has 3 heteroatoms. The lowest BCUT2D eigenvalue weighted by atomic mass is 10.1. The predicted molar refractivity (Wildman–Crippen MR) is 55.8 cm³/mol. The Morgan fingerprint density at radius 2 is 1.64 bits per heavy atom. The highest BCUT2D eigenvalue weighted by molar-refractivity contribution is 5.19. The maximum absolute atomic E-state index is 14.3. The molecule has 0 N–H and O–H groups in total. The number of piperazine rings is 1. The van der Waals surface area contributed by atoms with Gasteiger partial charge in [-0.1, -0.05) is 12.2 Å². The first-order valence-corrected chi connectivity index (χ1v) is 5.19. The van der Waals surface area contributed by atoms with Crippen molar-refractivity contribution in [3.05, 3.63) is 24.3 Å². The minimum Gasteiger partial charge on any atom is -0.304 e. The Bertz CT molecular complexity index is 240. The fraction of sp³-hybridized carbons (Fsp3) is 0.636. The summed E-state index contributed by atoms with van der Waals surface area (Å²) in [5.41, 5.74) is 0. The minimum atomic E-state index is -1.32. The maximum Gasteiger partial charge on any atom is 0.201 e. The van der Waals surface area contributed by atoms with Crippen LogP contribution < -0.4 is 0 Å². The van der Waals surface area contributed by atoms with E-state index in [1.54, 1.807) is 12.2 Å². The fourth-order valence-electron chi connectivity index (χ4n) is 1.96. The molecule has 1 aliphatic heterocycles. The molecule has 14 heavy (non-hydrogen) atoms. The van der Waals surface area contributed by atoms with Crippen LogP contribution in [0.5, 0.6) is 0 Å². The molecule has 0 spiro atoms. The smallest absolute Gasteiger partial charge is 0.201 e. The van der Waals surface area contributed by atoms with E-state index in [0.717, 1.165) is 32.6 Å². The van der Waals surface area contributed by atoms with Gasteiger partial charge in [0.15, 0.2) is 0 Å². The Kier molecular flexibility index (Phi) is 2.70. The third kappa shape index (κ3) is 1.88. The van der Waals surface area contributed by atoms with Gasteiger partial charge in [-0.05, 0) is 25.6 Å². The zero-order chi connectivity index (χ0) is 10.0. The standard InChI is InChI=1S/C11H17FN2/c1-13-7-9-14(10-8-13)11(12)5-3-2-4-6-11/h3-6H,2,7-10H2,1H3. The van der Waals surface area contributed by atoms with Crippen LogP contribution in [0.1, 0.15) is 6.42 Å². The first-order valence-electron chi connectivity index (χ1n) is 5.19. The Hall–Kier alpha value is -0.670. The molecule has 1 fully saturated rings. The fourth-order valence-corrected chi connectivity index (χ4v) is 1.96. The van der Waals surface area contributed by atoms with Crippen molar-refractivity contribution < 1.29 is 4.39 Å². The number of halogens is 1. The van der Waals surface area contributed by atoms with E-state index in [2.05, 4.69) is 11.9 Å². The highest BCUT2D eigenvalue weighted by Gasteiger charge is 2.33. The Balaban J connectivity index is 2.03. The Morgan fingerprint density at radius 1 is 1.07 bits per heavy atom. The average Bonchev–Trinajstić information content (AvgIpc) is 2.19. The summed E-state index contributed by atoms with van der Waals surface area (Å²) < 4.78 is 14.3. The van der Waals surface area contributed by atoms with Crippen molar-refractivity contribution in [3.8, 4) is 0 Å². The van der Waals surface area contributed by atoms with Crippen molar-refractivity contribution in [1.82, 2.24) is 9.80 Å². The topological polar surface area (TPSA) is 6.48 Å². The van der Waals surface area contributed by atoms with Gasteiger partial charge in [-0.2, -0.15) is 0 Å². The van der Waals surface area contributed by atoms with Crippen molar-refractivity contribution >= 4 is 0 Å². The molecule has 2 aliphatic rings. The lowest BCUT2D eigenvalue weighted by molar-refractivity contribution is 0.0140. The van der Waals surface area contributed by atoms with Crippen LogP contribution >= 0.6 is 0 Å². The molecule has 1 aliphatic carbocycles. The Labute approximate surface area is 84.7 Å². The molecular weight excluding hydrogens is 179 g/mol. The molecule has 0 aromatic rings.